The monoisotopic (exact) mass is 480 g/mol. The van der Waals surface area contributed by atoms with Gasteiger partial charge in [-0.05, 0) is 82.5 Å². The molecule has 2 heterocycles. The van der Waals surface area contributed by atoms with Crippen LogP contribution in [0.3, 0.4) is 0 Å². The van der Waals surface area contributed by atoms with Crippen molar-refractivity contribution in [3.8, 4) is 22.8 Å². The quantitative estimate of drug-likeness (QED) is 0.184. The van der Waals surface area contributed by atoms with Gasteiger partial charge in [0, 0.05) is 6.07 Å². The molecule has 3 heteroatoms. The number of aryl methyl sites for hydroxylation is 2. The van der Waals surface area contributed by atoms with Crippen molar-refractivity contribution in [2.75, 3.05) is 0 Å². The van der Waals surface area contributed by atoms with Gasteiger partial charge < -0.3 is 4.74 Å². The fraction of sp³-hybridized carbons (Fsp3) is 0.406. The Bertz CT molecular complexity index is 1500. The van der Waals surface area contributed by atoms with Crippen LogP contribution in [0.5, 0.6) is 11.5 Å². The first kappa shape index (κ1) is 22.8. The maximum absolute atomic E-state index is 7.04. The van der Waals surface area contributed by atoms with Crippen LogP contribution in [0, 0.1) is 12.3 Å². The summed E-state index contributed by atoms with van der Waals surface area (Å²) in [5.41, 5.74) is 5.85. The van der Waals surface area contributed by atoms with E-state index < -0.39 is 8.07 Å². The lowest BCUT2D eigenvalue weighted by atomic mass is 9.71. The van der Waals surface area contributed by atoms with Crippen molar-refractivity contribution < 1.29 is 9.30 Å². The van der Waals surface area contributed by atoms with E-state index in [4.69, 9.17) is 4.74 Å². The van der Waals surface area contributed by atoms with E-state index >= 15 is 0 Å². The largest absolute Gasteiger partial charge is 0.456 e. The smallest absolute Gasteiger partial charge is 0.228 e. The molecule has 1 aliphatic heterocycles. The zero-order valence-corrected chi connectivity index (χ0v) is 23.4. The molecule has 0 radical (unpaired) electrons. The van der Waals surface area contributed by atoms with Crippen molar-refractivity contribution in [3.63, 3.8) is 0 Å². The van der Waals surface area contributed by atoms with Gasteiger partial charge >= 0.3 is 0 Å². The Morgan fingerprint density at radius 1 is 0.971 bits per heavy atom. The number of aromatic nitrogens is 1. The molecule has 2 aliphatic rings. The number of nitrogens with zero attached hydrogens (tertiary/aromatic N) is 1. The molecule has 1 saturated carbocycles. The van der Waals surface area contributed by atoms with E-state index in [-0.39, 0.29) is 0 Å². The normalized spacial score (nSPS) is 17.5. The highest BCUT2D eigenvalue weighted by atomic mass is 28.3. The molecule has 0 unspecified atom stereocenters. The third-order valence-corrected chi connectivity index (χ3v) is 10.7. The van der Waals surface area contributed by atoms with E-state index in [1.165, 1.54) is 74.8 Å². The van der Waals surface area contributed by atoms with Gasteiger partial charge in [0.2, 0.25) is 5.69 Å². The van der Waals surface area contributed by atoms with Gasteiger partial charge in [0.25, 0.3) is 0 Å². The summed E-state index contributed by atoms with van der Waals surface area (Å²) in [6, 6.07) is 16.1. The molecule has 0 N–H and O–H groups in total. The van der Waals surface area contributed by atoms with Crippen LogP contribution in [0.25, 0.3) is 32.8 Å². The Labute approximate surface area is 211 Å². The number of hydrogen-bond donors (Lipinski definition) is 0. The van der Waals surface area contributed by atoms with E-state index in [2.05, 4.69) is 101 Å². The Balaban J connectivity index is 1.65. The second-order valence-corrected chi connectivity index (χ2v) is 17.8. The number of hydrogen-bond acceptors (Lipinski definition) is 1. The van der Waals surface area contributed by atoms with E-state index in [9.17, 15) is 0 Å². The van der Waals surface area contributed by atoms with Gasteiger partial charge in [-0.25, -0.2) is 4.57 Å². The summed E-state index contributed by atoms with van der Waals surface area (Å²) in [5, 5.41) is 6.74. The van der Waals surface area contributed by atoms with Crippen LogP contribution < -0.4 is 14.5 Å². The summed E-state index contributed by atoms with van der Waals surface area (Å²) in [6.45, 7) is 14.5. The molecular weight excluding hydrogens is 442 g/mol. The van der Waals surface area contributed by atoms with Crippen LogP contribution in [0.2, 0.25) is 19.6 Å². The van der Waals surface area contributed by atoms with Crippen molar-refractivity contribution in [2.45, 2.75) is 72.0 Å². The molecule has 2 nitrogen and oxygen atoms in total. The first-order valence-electron chi connectivity index (χ1n) is 13.3. The molecule has 1 fully saturated rings. The topological polar surface area (TPSA) is 13.1 Å². The molecule has 180 valence electrons. The summed E-state index contributed by atoms with van der Waals surface area (Å²) >= 11 is 0. The van der Waals surface area contributed by atoms with Crippen LogP contribution >= 0.6 is 0 Å². The molecule has 35 heavy (non-hydrogen) atoms. The van der Waals surface area contributed by atoms with Gasteiger partial charge in [-0.1, -0.05) is 63.8 Å². The van der Waals surface area contributed by atoms with Gasteiger partial charge in [-0.3, -0.25) is 0 Å². The van der Waals surface area contributed by atoms with Gasteiger partial charge in [-0.15, -0.1) is 0 Å². The van der Waals surface area contributed by atoms with Crippen molar-refractivity contribution in [2.24, 2.45) is 12.5 Å². The summed E-state index contributed by atoms with van der Waals surface area (Å²) < 4.78 is 9.36. The lowest BCUT2D eigenvalue weighted by Crippen LogP contribution is -2.41. The summed E-state index contributed by atoms with van der Waals surface area (Å²) in [4.78, 5) is 0. The third kappa shape index (κ3) is 3.54. The Hall–Kier alpha value is -2.65. The third-order valence-electron chi connectivity index (χ3n) is 8.66. The van der Waals surface area contributed by atoms with Crippen LogP contribution in [-0.2, 0) is 7.05 Å². The van der Waals surface area contributed by atoms with E-state index in [1.807, 2.05) is 0 Å². The van der Waals surface area contributed by atoms with Crippen molar-refractivity contribution in [1.82, 2.24) is 0 Å². The minimum absolute atomic E-state index is 0.475. The first-order chi connectivity index (χ1) is 16.5. The molecule has 0 bridgehead atoms. The molecule has 1 aliphatic carbocycles. The molecule has 0 amide bonds. The minimum atomic E-state index is -1.72. The number of rotatable bonds is 2. The predicted octanol–water partition coefficient (Wildman–Crippen LogP) is 8.13. The SMILES string of the molecule is Cc1c2c(c([Si](C)(C)C)c3ccccc13)Oc1cc(C3CCC(C)(C)CC3)cc3cc[n+](C)c-2c13. The fourth-order valence-corrected chi connectivity index (χ4v) is 8.54. The zero-order valence-electron chi connectivity index (χ0n) is 22.4. The predicted molar refractivity (Wildman–Crippen MR) is 151 cm³/mol. The number of fused-ring (bicyclic) bond motifs is 3. The Morgan fingerprint density at radius 2 is 1.66 bits per heavy atom. The van der Waals surface area contributed by atoms with Crippen LogP contribution in [0.1, 0.15) is 56.6 Å². The highest BCUT2D eigenvalue weighted by Gasteiger charge is 2.37. The molecule has 0 atom stereocenters. The summed E-state index contributed by atoms with van der Waals surface area (Å²) in [7, 11) is 0.470. The molecule has 0 saturated heterocycles. The van der Waals surface area contributed by atoms with Gasteiger partial charge in [0.15, 0.2) is 6.20 Å². The van der Waals surface area contributed by atoms with Crippen LogP contribution in [0.15, 0.2) is 48.7 Å². The highest BCUT2D eigenvalue weighted by molar-refractivity contribution is 6.91. The number of pyridine rings is 1. The lowest BCUT2D eigenvalue weighted by Gasteiger charge is -2.35. The van der Waals surface area contributed by atoms with Crippen molar-refractivity contribution >= 4 is 34.8 Å². The first-order valence-corrected chi connectivity index (χ1v) is 16.8. The Morgan fingerprint density at radius 3 is 2.34 bits per heavy atom. The molecule has 0 spiro atoms. The van der Waals surface area contributed by atoms with Gasteiger partial charge in [0.1, 0.15) is 18.5 Å². The van der Waals surface area contributed by atoms with Crippen LogP contribution in [-0.4, -0.2) is 8.07 Å². The molecule has 3 aromatic carbocycles. The van der Waals surface area contributed by atoms with E-state index in [0.717, 1.165) is 11.5 Å². The average Bonchev–Trinajstić information content (AvgIpc) is 2.80. The maximum Gasteiger partial charge on any atom is 0.228 e. The lowest BCUT2D eigenvalue weighted by molar-refractivity contribution is -0.659. The zero-order chi connectivity index (χ0) is 24.7. The fourth-order valence-electron chi connectivity index (χ4n) is 6.66. The Kier molecular flexibility index (Phi) is 4.99. The van der Waals surface area contributed by atoms with Crippen molar-refractivity contribution in [3.05, 3.63) is 59.8 Å². The van der Waals surface area contributed by atoms with Gasteiger partial charge in [0.05, 0.1) is 19.0 Å². The second kappa shape index (κ2) is 7.67. The number of benzene rings is 3. The van der Waals surface area contributed by atoms with Crippen LogP contribution in [0.4, 0.5) is 0 Å². The van der Waals surface area contributed by atoms with E-state index in [0.29, 0.717) is 11.3 Å². The second-order valence-electron chi connectivity index (χ2n) is 12.8. The minimum Gasteiger partial charge on any atom is -0.456 e. The standard InChI is InChI=1S/C32H38NOSi/c1-20-24-10-8-9-11-25(24)31(35(5,6)7)30-27(20)29-28-22(14-17-33(29)4)18-23(19-26(28)34-30)21-12-15-32(2,3)16-13-21/h8-11,14,17-19,21H,12-13,15-16H2,1-7H3/q+1. The summed E-state index contributed by atoms with van der Waals surface area (Å²) in [6.07, 6.45) is 7.38. The number of ether oxygens (including phenoxy) is 1. The molecular formula is C32H38NOSi+. The van der Waals surface area contributed by atoms with Gasteiger partial charge in [-0.2, -0.15) is 0 Å². The molecule has 4 aromatic rings. The van der Waals surface area contributed by atoms with E-state index in [1.54, 1.807) is 0 Å². The van der Waals surface area contributed by atoms with Crippen molar-refractivity contribution in [1.29, 1.82) is 0 Å². The highest BCUT2D eigenvalue weighted by Crippen LogP contribution is 2.50. The maximum atomic E-state index is 7.04. The summed E-state index contributed by atoms with van der Waals surface area (Å²) in [5.74, 6) is 2.79. The average molecular weight is 481 g/mol. The molecule has 1 aromatic heterocycles. The molecule has 6 rings (SSSR count).